The minimum absolute atomic E-state index is 0.326. The summed E-state index contributed by atoms with van der Waals surface area (Å²) in [6.07, 6.45) is 5.08. The van der Waals surface area contributed by atoms with Crippen molar-refractivity contribution >= 4 is 5.95 Å². The lowest BCUT2D eigenvalue weighted by atomic mass is 9.63. The number of nitrogens with one attached hydrogen (secondary N) is 1. The number of anilines is 1. The molecule has 2 rings (SSSR count). The number of nitrogens with zero attached hydrogens (tertiary/aromatic N) is 3. The van der Waals surface area contributed by atoms with Gasteiger partial charge in [0.15, 0.2) is 0 Å². The van der Waals surface area contributed by atoms with Crippen LogP contribution in [0.25, 0.3) is 0 Å². The third-order valence-electron chi connectivity index (χ3n) is 3.66. The van der Waals surface area contributed by atoms with Gasteiger partial charge in [-0.2, -0.15) is 5.26 Å². The average Bonchev–Trinajstić information content (AvgIpc) is 2.24. The van der Waals surface area contributed by atoms with Gasteiger partial charge in [0.05, 0.1) is 0 Å². The van der Waals surface area contributed by atoms with Crippen molar-refractivity contribution in [2.45, 2.75) is 53.0 Å². The first-order chi connectivity index (χ1) is 8.80. The Hall–Kier alpha value is -1.63. The van der Waals surface area contributed by atoms with Crippen molar-refractivity contribution in [3.63, 3.8) is 0 Å². The second-order valence-electron chi connectivity index (χ2n) is 7.13. The molecule has 0 atom stereocenters. The molecule has 1 aromatic heterocycles. The topological polar surface area (TPSA) is 61.6 Å². The van der Waals surface area contributed by atoms with Crippen LogP contribution in [-0.2, 0) is 0 Å². The number of hydrogen-bond acceptors (Lipinski definition) is 4. The van der Waals surface area contributed by atoms with E-state index in [0.717, 1.165) is 12.8 Å². The van der Waals surface area contributed by atoms with Crippen LogP contribution >= 0.6 is 0 Å². The lowest BCUT2D eigenvalue weighted by Crippen LogP contribution is -2.40. The van der Waals surface area contributed by atoms with E-state index in [1.807, 2.05) is 6.07 Å². The highest BCUT2D eigenvalue weighted by molar-refractivity contribution is 5.31. The molecule has 0 saturated heterocycles. The quantitative estimate of drug-likeness (QED) is 0.883. The molecule has 4 heteroatoms. The van der Waals surface area contributed by atoms with Crippen LogP contribution in [-0.4, -0.2) is 16.0 Å². The standard InChI is InChI=1S/C15H22N4/c1-14(2)7-12(8-15(3,4)10-14)19-13-17-6-5-11(9-16)18-13/h5-6,12H,7-8,10H2,1-4H3,(H,17,18,19). The van der Waals surface area contributed by atoms with Crippen LogP contribution in [0.15, 0.2) is 12.3 Å². The van der Waals surface area contributed by atoms with Crippen LogP contribution in [0, 0.1) is 22.2 Å². The fraction of sp³-hybridized carbons (Fsp3) is 0.667. The van der Waals surface area contributed by atoms with Crippen LogP contribution in [0.5, 0.6) is 0 Å². The summed E-state index contributed by atoms with van der Waals surface area (Å²) in [6, 6.07) is 4.04. The fourth-order valence-electron chi connectivity index (χ4n) is 3.62. The van der Waals surface area contributed by atoms with Crippen molar-refractivity contribution in [1.82, 2.24) is 9.97 Å². The molecular formula is C15H22N4. The number of rotatable bonds is 2. The summed E-state index contributed by atoms with van der Waals surface area (Å²) in [5.41, 5.74) is 1.06. The van der Waals surface area contributed by atoms with Crippen LogP contribution in [0.1, 0.15) is 52.7 Å². The zero-order valence-corrected chi connectivity index (χ0v) is 12.2. The van der Waals surface area contributed by atoms with E-state index in [9.17, 15) is 0 Å². The number of aromatic nitrogens is 2. The van der Waals surface area contributed by atoms with E-state index >= 15 is 0 Å². The van der Waals surface area contributed by atoms with E-state index in [1.54, 1.807) is 12.3 Å². The first-order valence-corrected chi connectivity index (χ1v) is 6.79. The summed E-state index contributed by atoms with van der Waals surface area (Å²) < 4.78 is 0. The second kappa shape index (κ2) is 4.80. The molecule has 1 fully saturated rings. The minimum Gasteiger partial charge on any atom is -0.351 e. The van der Waals surface area contributed by atoms with Gasteiger partial charge in [-0.05, 0) is 36.2 Å². The Balaban J connectivity index is 2.12. The van der Waals surface area contributed by atoms with Gasteiger partial charge in [-0.3, -0.25) is 0 Å². The van der Waals surface area contributed by atoms with E-state index in [2.05, 4.69) is 43.0 Å². The highest BCUT2D eigenvalue weighted by Crippen LogP contribution is 2.46. The molecule has 1 heterocycles. The maximum Gasteiger partial charge on any atom is 0.224 e. The normalized spacial score (nSPS) is 21.6. The number of hydrogen-bond donors (Lipinski definition) is 1. The van der Waals surface area contributed by atoms with E-state index in [1.165, 1.54) is 6.42 Å². The zero-order valence-electron chi connectivity index (χ0n) is 12.2. The van der Waals surface area contributed by atoms with E-state index in [4.69, 9.17) is 5.26 Å². The Bertz CT molecular complexity index is 483. The molecule has 1 aliphatic carbocycles. The van der Waals surface area contributed by atoms with Crippen molar-refractivity contribution in [3.05, 3.63) is 18.0 Å². The number of nitriles is 1. The largest absolute Gasteiger partial charge is 0.351 e. The molecule has 0 aliphatic heterocycles. The van der Waals surface area contributed by atoms with Gasteiger partial charge in [0, 0.05) is 12.2 Å². The molecule has 0 bridgehead atoms. The van der Waals surface area contributed by atoms with E-state index < -0.39 is 0 Å². The van der Waals surface area contributed by atoms with Crippen LogP contribution in [0.3, 0.4) is 0 Å². The van der Waals surface area contributed by atoms with Crippen molar-refractivity contribution in [3.8, 4) is 6.07 Å². The Morgan fingerprint density at radius 2 is 1.89 bits per heavy atom. The molecule has 19 heavy (non-hydrogen) atoms. The smallest absolute Gasteiger partial charge is 0.224 e. The molecule has 4 nitrogen and oxygen atoms in total. The van der Waals surface area contributed by atoms with Gasteiger partial charge < -0.3 is 5.32 Å². The van der Waals surface area contributed by atoms with Crippen molar-refractivity contribution in [1.29, 1.82) is 5.26 Å². The Morgan fingerprint density at radius 3 is 2.47 bits per heavy atom. The predicted octanol–water partition coefficient (Wildman–Crippen LogP) is 3.37. The summed E-state index contributed by atoms with van der Waals surface area (Å²) in [7, 11) is 0. The summed E-state index contributed by atoms with van der Waals surface area (Å²) in [6.45, 7) is 9.26. The van der Waals surface area contributed by atoms with Gasteiger partial charge in [-0.15, -0.1) is 0 Å². The first kappa shape index (κ1) is 13.8. The molecule has 0 aromatic carbocycles. The third-order valence-corrected chi connectivity index (χ3v) is 3.66. The zero-order chi connectivity index (χ0) is 14.1. The Labute approximate surface area is 115 Å². The molecule has 1 aliphatic rings. The first-order valence-electron chi connectivity index (χ1n) is 6.79. The van der Waals surface area contributed by atoms with Gasteiger partial charge in [0.1, 0.15) is 11.8 Å². The van der Waals surface area contributed by atoms with E-state index in [0.29, 0.717) is 28.5 Å². The molecule has 0 unspecified atom stereocenters. The Morgan fingerprint density at radius 1 is 1.26 bits per heavy atom. The lowest BCUT2D eigenvalue weighted by molar-refractivity contribution is 0.105. The van der Waals surface area contributed by atoms with Crippen LogP contribution < -0.4 is 5.32 Å². The second-order valence-corrected chi connectivity index (χ2v) is 7.13. The maximum atomic E-state index is 8.87. The molecule has 1 aromatic rings. The summed E-state index contributed by atoms with van der Waals surface area (Å²) in [5.74, 6) is 0.567. The van der Waals surface area contributed by atoms with Crippen molar-refractivity contribution in [2.24, 2.45) is 10.8 Å². The molecule has 102 valence electrons. The van der Waals surface area contributed by atoms with Crippen LogP contribution in [0.4, 0.5) is 5.95 Å². The third kappa shape index (κ3) is 3.66. The summed E-state index contributed by atoms with van der Waals surface area (Å²) in [5, 5.41) is 12.3. The molecule has 0 amide bonds. The van der Waals surface area contributed by atoms with Gasteiger partial charge in [-0.1, -0.05) is 27.7 Å². The predicted molar refractivity (Wildman–Crippen MR) is 75.6 cm³/mol. The average molecular weight is 258 g/mol. The summed E-state index contributed by atoms with van der Waals surface area (Å²) in [4.78, 5) is 8.40. The van der Waals surface area contributed by atoms with Gasteiger partial charge in [0.25, 0.3) is 0 Å². The highest BCUT2D eigenvalue weighted by Gasteiger charge is 2.38. The molecule has 0 spiro atoms. The maximum absolute atomic E-state index is 8.87. The van der Waals surface area contributed by atoms with Gasteiger partial charge in [0.2, 0.25) is 5.95 Å². The van der Waals surface area contributed by atoms with Gasteiger partial charge >= 0.3 is 0 Å². The monoisotopic (exact) mass is 258 g/mol. The summed E-state index contributed by atoms with van der Waals surface area (Å²) >= 11 is 0. The minimum atomic E-state index is 0.326. The molecular weight excluding hydrogens is 236 g/mol. The molecule has 0 radical (unpaired) electrons. The van der Waals surface area contributed by atoms with Crippen molar-refractivity contribution in [2.75, 3.05) is 5.32 Å². The molecule has 1 N–H and O–H groups in total. The van der Waals surface area contributed by atoms with Crippen molar-refractivity contribution < 1.29 is 0 Å². The SMILES string of the molecule is CC1(C)CC(Nc2nccc(C#N)n2)CC(C)(C)C1. The fourth-order valence-corrected chi connectivity index (χ4v) is 3.62. The molecule has 1 saturated carbocycles. The lowest BCUT2D eigenvalue weighted by Gasteiger charge is -2.45. The van der Waals surface area contributed by atoms with Crippen LogP contribution in [0.2, 0.25) is 0 Å². The Kier molecular flexibility index (Phi) is 3.49. The van der Waals surface area contributed by atoms with E-state index in [-0.39, 0.29) is 0 Å². The highest BCUT2D eigenvalue weighted by atomic mass is 15.1. The van der Waals surface area contributed by atoms with Gasteiger partial charge in [-0.25, -0.2) is 9.97 Å².